The van der Waals surface area contributed by atoms with Crippen molar-refractivity contribution >= 4 is 0 Å². The van der Waals surface area contributed by atoms with Crippen LogP contribution in [0.4, 0.5) is 0 Å². The molecule has 3 nitrogen and oxygen atoms in total. The predicted octanol–water partition coefficient (Wildman–Crippen LogP) is 2.12. The van der Waals surface area contributed by atoms with Crippen LogP contribution in [-0.2, 0) is 6.42 Å². The molecule has 0 radical (unpaired) electrons. The monoisotopic (exact) mass is 232 g/mol. The van der Waals surface area contributed by atoms with E-state index in [1.54, 1.807) is 0 Å². The number of rotatable bonds is 3. The highest BCUT2D eigenvalue weighted by Gasteiger charge is 2.35. The van der Waals surface area contributed by atoms with Crippen LogP contribution in [0.25, 0.3) is 0 Å². The van der Waals surface area contributed by atoms with E-state index in [1.807, 2.05) is 12.3 Å². The Bertz CT molecular complexity index is 368. The molecule has 3 fully saturated rings. The molecular formula is C14H20N2O. The molecule has 4 heterocycles. The van der Waals surface area contributed by atoms with Crippen LogP contribution in [0.15, 0.2) is 18.3 Å². The number of aromatic nitrogens is 1. The third-order valence-corrected chi connectivity index (χ3v) is 4.07. The molecule has 0 unspecified atom stereocenters. The summed E-state index contributed by atoms with van der Waals surface area (Å²) in [4.78, 5) is 6.89. The van der Waals surface area contributed by atoms with Crippen LogP contribution in [0, 0.1) is 5.92 Å². The van der Waals surface area contributed by atoms with E-state index in [2.05, 4.69) is 22.9 Å². The molecule has 0 saturated carbocycles. The van der Waals surface area contributed by atoms with Gasteiger partial charge in [-0.1, -0.05) is 13.0 Å². The summed E-state index contributed by atoms with van der Waals surface area (Å²) in [6.45, 7) is 5.74. The number of ether oxygens (including phenoxy) is 1. The lowest BCUT2D eigenvalue weighted by Crippen LogP contribution is -2.52. The maximum absolute atomic E-state index is 6.04. The fourth-order valence-corrected chi connectivity index (χ4v) is 2.89. The second kappa shape index (κ2) is 4.65. The first-order valence-electron chi connectivity index (χ1n) is 6.69. The highest BCUT2D eigenvalue weighted by atomic mass is 16.5. The maximum atomic E-state index is 6.04. The Labute approximate surface area is 103 Å². The van der Waals surface area contributed by atoms with E-state index in [4.69, 9.17) is 4.74 Å². The Morgan fingerprint density at radius 3 is 2.71 bits per heavy atom. The number of piperidine rings is 3. The van der Waals surface area contributed by atoms with Crippen LogP contribution in [-0.4, -0.2) is 35.6 Å². The Hall–Kier alpha value is -1.09. The molecule has 17 heavy (non-hydrogen) atoms. The van der Waals surface area contributed by atoms with Gasteiger partial charge in [0.25, 0.3) is 0 Å². The summed E-state index contributed by atoms with van der Waals surface area (Å²) in [5, 5.41) is 0. The number of hydrogen-bond donors (Lipinski definition) is 0. The molecular weight excluding hydrogens is 212 g/mol. The zero-order valence-corrected chi connectivity index (χ0v) is 10.4. The van der Waals surface area contributed by atoms with Crippen LogP contribution < -0.4 is 4.74 Å². The molecule has 3 aliphatic heterocycles. The lowest BCUT2D eigenvalue weighted by Gasteiger charge is -2.44. The first-order valence-corrected chi connectivity index (χ1v) is 6.69. The van der Waals surface area contributed by atoms with Gasteiger partial charge in [0.15, 0.2) is 0 Å². The minimum Gasteiger partial charge on any atom is -0.473 e. The van der Waals surface area contributed by atoms with Gasteiger partial charge in [-0.2, -0.15) is 0 Å². The average molecular weight is 232 g/mol. The van der Waals surface area contributed by atoms with Gasteiger partial charge in [-0.25, -0.2) is 4.98 Å². The van der Waals surface area contributed by atoms with Crippen LogP contribution in [0.2, 0.25) is 0 Å². The van der Waals surface area contributed by atoms with Gasteiger partial charge < -0.3 is 4.74 Å². The van der Waals surface area contributed by atoms with Crippen molar-refractivity contribution in [2.45, 2.75) is 32.3 Å². The normalized spacial score (nSPS) is 31.5. The highest BCUT2D eigenvalue weighted by molar-refractivity contribution is 5.18. The topological polar surface area (TPSA) is 25.4 Å². The van der Waals surface area contributed by atoms with Crippen LogP contribution in [0.1, 0.15) is 25.3 Å². The molecule has 0 aliphatic carbocycles. The standard InChI is InChI=1S/C14H20N2O/c1-2-11-3-4-14(15-9-11)17-13-10-16-7-5-12(13)6-8-16/h3-4,9,12-13H,2,5-8,10H2,1H3/t13-/m0/s1. The van der Waals surface area contributed by atoms with E-state index in [9.17, 15) is 0 Å². The summed E-state index contributed by atoms with van der Waals surface area (Å²) < 4.78 is 6.04. The second-order valence-corrected chi connectivity index (χ2v) is 5.15. The molecule has 3 saturated heterocycles. The summed E-state index contributed by atoms with van der Waals surface area (Å²) in [6, 6.07) is 4.13. The number of pyridine rings is 1. The summed E-state index contributed by atoms with van der Waals surface area (Å²) >= 11 is 0. The van der Waals surface area contributed by atoms with E-state index in [-0.39, 0.29) is 0 Å². The molecule has 0 amide bonds. The van der Waals surface area contributed by atoms with Gasteiger partial charge in [0.05, 0.1) is 0 Å². The molecule has 0 N–H and O–H groups in total. The largest absolute Gasteiger partial charge is 0.473 e. The first kappa shape index (κ1) is 11.0. The summed E-state index contributed by atoms with van der Waals surface area (Å²) in [5.74, 6) is 1.54. The quantitative estimate of drug-likeness (QED) is 0.798. The number of hydrogen-bond acceptors (Lipinski definition) is 3. The van der Waals surface area contributed by atoms with E-state index in [0.717, 1.165) is 24.8 Å². The minimum absolute atomic E-state index is 0.359. The number of fused-ring (bicyclic) bond motifs is 3. The van der Waals surface area contributed by atoms with E-state index < -0.39 is 0 Å². The van der Waals surface area contributed by atoms with E-state index >= 15 is 0 Å². The van der Waals surface area contributed by atoms with Crippen molar-refractivity contribution in [2.24, 2.45) is 5.92 Å². The van der Waals surface area contributed by atoms with Gasteiger partial charge in [0.1, 0.15) is 6.10 Å². The molecule has 1 aromatic heterocycles. The Kier molecular flexibility index (Phi) is 3.02. The summed E-state index contributed by atoms with van der Waals surface area (Å²) in [5.41, 5.74) is 1.27. The van der Waals surface area contributed by atoms with E-state index in [1.165, 1.54) is 31.5 Å². The molecule has 3 heteroatoms. The SMILES string of the molecule is CCc1ccc(O[C@H]2CN3CCC2CC3)nc1. The molecule has 0 spiro atoms. The van der Waals surface area contributed by atoms with E-state index in [0.29, 0.717) is 6.10 Å². The Morgan fingerprint density at radius 2 is 2.18 bits per heavy atom. The number of nitrogens with zero attached hydrogens (tertiary/aromatic N) is 2. The van der Waals surface area contributed by atoms with Gasteiger partial charge in [-0.15, -0.1) is 0 Å². The van der Waals surface area contributed by atoms with Crippen LogP contribution >= 0.6 is 0 Å². The minimum atomic E-state index is 0.359. The number of aryl methyl sites for hydroxylation is 1. The lowest BCUT2D eigenvalue weighted by molar-refractivity contribution is -0.00994. The van der Waals surface area contributed by atoms with Crippen molar-refractivity contribution in [1.82, 2.24) is 9.88 Å². The van der Waals surface area contributed by atoms with Crippen molar-refractivity contribution < 1.29 is 4.74 Å². The molecule has 92 valence electrons. The third-order valence-electron chi connectivity index (χ3n) is 4.07. The highest BCUT2D eigenvalue weighted by Crippen LogP contribution is 2.30. The van der Waals surface area contributed by atoms with Crippen molar-refractivity contribution in [3.05, 3.63) is 23.9 Å². The van der Waals surface area contributed by atoms with Gasteiger partial charge in [0, 0.05) is 18.8 Å². The molecule has 0 aromatic carbocycles. The average Bonchev–Trinajstić information content (AvgIpc) is 2.41. The van der Waals surface area contributed by atoms with Crippen LogP contribution in [0.5, 0.6) is 5.88 Å². The zero-order valence-electron chi connectivity index (χ0n) is 10.4. The Morgan fingerprint density at radius 1 is 1.35 bits per heavy atom. The van der Waals surface area contributed by atoms with Gasteiger partial charge in [-0.05, 0) is 43.8 Å². The summed E-state index contributed by atoms with van der Waals surface area (Å²) in [6.07, 6.45) is 5.90. The fourth-order valence-electron chi connectivity index (χ4n) is 2.89. The predicted molar refractivity (Wildman–Crippen MR) is 67.2 cm³/mol. The third kappa shape index (κ3) is 2.29. The van der Waals surface area contributed by atoms with Crippen LogP contribution in [0.3, 0.4) is 0 Å². The van der Waals surface area contributed by atoms with Crippen molar-refractivity contribution in [2.75, 3.05) is 19.6 Å². The zero-order chi connectivity index (χ0) is 11.7. The van der Waals surface area contributed by atoms with Crippen molar-refractivity contribution in [1.29, 1.82) is 0 Å². The second-order valence-electron chi connectivity index (χ2n) is 5.15. The lowest BCUT2D eigenvalue weighted by atomic mass is 9.86. The molecule has 4 rings (SSSR count). The Balaban J connectivity index is 1.66. The maximum Gasteiger partial charge on any atom is 0.213 e. The molecule has 1 atom stereocenters. The van der Waals surface area contributed by atoms with Crippen molar-refractivity contribution in [3.8, 4) is 5.88 Å². The van der Waals surface area contributed by atoms with Crippen molar-refractivity contribution in [3.63, 3.8) is 0 Å². The molecule has 3 aliphatic rings. The fraction of sp³-hybridized carbons (Fsp3) is 0.643. The van der Waals surface area contributed by atoms with Gasteiger partial charge >= 0.3 is 0 Å². The van der Waals surface area contributed by atoms with Gasteiger partial charge in [0.2, 0.25) is 5.88 Å². The van der Waals surface area contributed by atoms with Gasteiger partial charge in [-0.3, -0.25) is 4.90 Å². The smallest absolute Gasteiger partial charge is 0.213 e. The first-order chi connectivity index (χ1) is 8.35. The summed E-state index contributed by atoms with van der Waals surface area (Å²) in [7, 11) is 0. The molecule has 2 bridgehead atoms. The molecule has 1 aromatic rings.